The second-order valence-electron chi connectivity index (χ2n) is 3.16. The highest BCUT2D eigenvalue weighted by Gasteiger charge is 2.04. The number of benzene rings is 1. The van der Waals surface area contributed by atoms with Crippen LogP contribution in [0, 0.1) is 0 Å². The van der Waals surface area contributed by atoms with Crippen LogP contribution in [0.1, 0.15) is 11.1 Å². The van der Waals surface area contributed by atoms with Crippen molar-refractivity contribution in [1.82, 2.24) is 0 Å². The van der Waals surface area contributed by atoms with Gasteiger partial charge in [-0.05, 0) is 36.1 Å². The van der Waals surface area contributed by atoms with Gasteiger partial charge < -0.3 is 5.73 Å². The van der Waals surface area contributed by atoms with Gasteiger partial charge in [-0.1, -0.05) is 12.2 Å². The number of thiol groups is 1. The monoisotopic (exact) mass is 205 g/mol. The highest BCUT2D eigenvalue weighted by atomic mass is 32.1. The molecule has 14 heavy (non-hydrogen) atoms. The van der Waals surface area contributed by atoms with E-state index in [-0.39, 0.29) is 0 Å². The molecule has 0 aliphatic heterocycles. The van der Waals surface area contributed by atoms with E-state index in [1.165, 1.54) is 0 Å². The summed E-state index contributed by atoms with van der Waals surface area (Å²) >= 11 is 4.33. The molecule has 1 aromatic carbocycles. The second-order valence-corrected chi connectivity index (χ2v) is 3.68. The summed E-state index contributed by atoms with van der Waals surface area (Å²) in [5.41, 5.74) is 9.01. The van der Waals surface area contributed by atoms with Gasteiger partial charge in [0.25, 0.3) is 0 Å². The molecule has 0 saturated heterocycles. The average molecular weight is 205 g/mol. The molecule has 0 amide bonds. The molecule has 0 atom stereocenters. The fraction of sp³-hybridized carbons (Fsp3) is 0.167. The van der Waals surface area contributed by atoms with E-state index in [9.17, 15) is 0 Å². The van der Waals surface area contributed by atoms with Crippen LogP contribution in [-0.4, -0.2) is 0 Å². The van der Waals surface area contributed by atoms with Gasteiger partial charge in [0.2, 0.25) is 0 Å². The van der Waals surface area contributed by atoms with Crippen LogP contribution in [0.2, 0.25) is 0 Å². The van der Waals surface area contributed by atoms with Crippen molar-refractivity contribution in [2.75, 3.05) is 5.73 Å². The Labute approximate surface area is 90.7 Å². The quantitative estimate of drug-likeness (QED) is 0.441. The summed E-state index contributed by atoms with van der Waals surface area (Å²) in [5.74, 6) is 0. The normalized spacial score (nSPS) is 9.79. The van der Waals surface area contributed by atoms with E-state index < -0.39 is 0 Å². The number of hydrogen-bond donors (Lipinski definition) is 2. The van der Waals surface area contributed by atoms with Crippen molar-refractivity contribution in [3.63, 3.8) is 0 Å². The van der Waals surface area contributed by atoms with Crippen LogP contribution in [-0.2, 0) is 12.8 Å². The summed E-state index contributed by atoms with van der Waals surface area (Å²) in [6, 6.07) is 3.96. The van der Waals surface area contributed by atoms with Crippen LogP contribution in [0.5, 0.6) is 0 Å². The lowest BCUT2D eigenvalue weighted by Gasteiger charge is -2.09. The van der Waals surface area contributed by atoms with E-state index >= 15 is 0 Å². The molecule has 0 aliphatic rings. The van der Waals surface area contributed by atoms with Crippen molar-refractivity contribution in [3.05, 3.63) is 48.6 Å². The zero-order chi connectivity index (χ0) is 10.6. The summed E-state index contributed by atoms with van der Waals surface area (Å²) in [6.45, 7) is 7.40. The SMILES string of the molecule is C=CCc1cc(S)cc(CC=C)c1N. The van der Waals surface area contributed by atoms with Gasteiger partial charge in [0.05, 0.1) is 0 Å². The van der Waals surface area contributed by atoms with Crippen LogP contribution in [0.3, 0.4) is 0 Å². The molecule has 0 aliphatic carbocycles. The van der Waals surface area contributed by atoms with Gasteiger partial charge in [-0.2, -0.15) is 0 Å². The molecule has 0 radical (unpaired) electrons. The number of hydrogen-bond acceptors (Lipinski definition) is 2. The predicted molar refractivity (Wildman–Crippen MR) is 65.9 cm³/mol. The van der Waals surface area contributed by atoms with Crippen molar-refractivity contribution in [3.8, 4) is 0 Å². The zero-order valence-electron chi connectivity index (χ0n) is 8.16. The Bertz CT molecular complexity index is 324. The van der Waals surface area contributed by atoms with Crippen LogP contribution in [0.15, 0.2) is 42.3 Å². The first kappa shape index (κ1) is 10.9. The van der Waals surface area contributed by atoms with Crippen LogP contribution in [0.25, 0.3) is 0 Å². The summed E-state index contributed by atoms with van der Waals surface area (Å²) in [5, 5.41) is 0. The number of anilines is 1. The van der Waals surface area contributed by atoms with Gasteiger partial charge in [0, 0.05) is 10.6 Å². The molecule has 0 aromatic heterocycles. The number of rotatable bonds is 4. The van der Waals surface area contributed by atoms with Gasteiger partial charge >= 0.3 is 0 Å². The van der Waals surface area contributed by atoms with Crippen molar-refractivity contribution >= 4 is 18.3 Å². The standard InChI is InChI=1S/C12H15NS/c1-3-5-9-7-11(14)8-10(6-4-2)12(9)13/h3-4,7-8,14H,1-2,5-6,13H2. The van der Waals surface area contributed by atoms with Gasteiger partial charge in [-0.3, -0.25) is 0 Å². The first-order valence-electron chi connectivity index (χ1n) is 4.51. The molecule has 0 heterocycles. The van der Waals surface area contributed by atoms with Gasteiger partial charge in [-0.15, -0.1) is 25.8 Å². The molecule has 0 saturated carbocycles. The highest BCUT2D eigenvalue weighted by molar-refractivity contribution is 7.80. The molecule has 0 bridgehead atoms. The molecule has 1 aromatic rings. The third kappa shape index (κ3) is 2.42. The predicted octanol–water partition coefficient (Wildman–Crippen LogP) is 3.01. The molecule has 1 rings (SSSR count). The molecule has 1 nitrogen and oxygen atoms in total. The lowest BCUT2D eigenvalue weighted by Crippen LogP contribution is -1.99. The minimum atomic E-state index is 0.782. The van der Waals surface area contributed by atoms with Crippen LogP contribution >= 0.6 is 12.6 Å². The van der Waals surface area contributed by atoms with Crippen molar-refractivity contribution in [2.24, 2.45) is 0 Å². The lowest BCUT2D eigenvalue weighted by molar-refractivity contribution is 1.18. The summed E-state index contributed by atoms with van der Waals surface area (Å²) in [6.07, 6.45) is 5.25. The minimum absolute atomic E-state index is 0.782. The molecular formula is C12H15NS. The summed E-state index contributed by atoms with van der Waals surface area (Å²) in [7, 11) is 0. The molecule has 0 spiro atoms. The third-order valence-electron chi connectivity index (χ3n) is 2.06. The topological polar surface area (TPSA) is 26.0 Å². The van der Waals surface area contributed by atoms with Crippen LogP contribution < -0.4 is 5.73 Å². The Morgan fingerprint density at radius 2 is 1.57 bits per heavy atom. The van der Waals surface area contributed by atoms with Gasteiger partial charge in [-0.25, -0.2) is 0 Å². The fourth-order valence-electron chi connectivity index (χ4n) is 1.41. The van der Waals surface area contributed by atoms with E-state index in [4.69, 9.17) is 5.73 Å². The Morgan fingerprint density at radius 1 is 1.14 bits per heavy atom. The molecule has 0 fully saturated rings. The largest absolute Gasteiger partial charge is 0.398 e. The highest BCUT2D eigenvalue weighted by Crippen LogP contribution is 2.23. The smallest absolute Gasteiger partial charge is 0.0386 e. The maximum absolute atomic E-state index is 5.99. The molecular weight excluding hydrogens is 190 g/mol. The van der Waals surface area contributed by atoms with Gasteiger partial charge in [0.15, 0.2) is 0 Å². The maximum atomic E-state index is 5.99. The first-order valence-corrected chi connectivity index (χ1v) is 4.95. The maximum Gasteiger partial charge on any atom is 0.0386 e. The number of allylic oxidation sites excluding steroid dienone is 2. The van der Waals surface area contributed by atoms with Crippen molar-refractivity contribution in [2.45, 2.75) is 17.7 Å². The second kappa shape index (κ2) is 4.91. The van der Waals surface area contributed by atoms with E-state index in [1.54, 1.807) is 0 Å². The Morgan fingerprint density at radius 3 is 1.93 bits per heavy atom. The van der Waals surface area contributed by atoms with E-state index in [0.717, 1.165) is 34.6 Å². The third-order valence-corrected chi connectivity index (χ3v) is 2.32. The zero-order valence-corrected chi connectivity index (χ0v) is 9.06. The Hall–Kier alpha value is -1.15. The Balaban J connectivity index is 3.16. The molecule has 0 unspecified atom stereocenters. The van der Waals surface area contributed by atoms with Crippen molar-refractivity contribution in [1.29, 1.82) is 0 Å². The minimum Gasteiger partial charge on any atom is -0.398 e. The lowest BCUT2D eigenvalue weighted by atomic mass is 10.0. The number of nitrogen functional groups attached to an aromatic ring is 1. The molecule has 2 heteroatoms. The van der Waals surface area contributed by atoms with E-state index in [0.29, 0.717) is 0 Å². The van der Waals surface area contributed by atoms with E-state index in [2.05, 4.69) is 25.8 Å². The molecule has 2 N–H and O–H groups in total. The Kier molecular flexibility index (Phi) is 3.84. The van der Waals surface area contributed by atoms with Crippen LogP contribution in [0.4, 0.5) is 5.69 Å². The van der Waals surface area contributed by atoms with Gasteiger partial charge in [0.1, 0.15) is 0 Å². The summed E-state index contributed by atoms with van der Waals surface area (Å²) in [4.78, 5) is 0.938. The average Bonchev–Trinajstić information content (AvgIpc) is 2.14. The van der Waals surface area contributed by atoms with Crippen molar-refractivity contribution < 1.29 is 0 Å². The van der Waals surface area contributed by atoms with E-state index in [1.807, 2.05) is 24.3 Å². The number of nitrogens with two attached hydrogens (primary N) is 1. The first-order chi connectivity index (χ1) is 6.69. The molecule has 74 valence electrons. The summed E-state index contributed by atoms with van der Waals surface area (Å²) < 4.78 is 0. The fourth-order valence-corrected chi connectivity index (χ4v) is 1.72.